The molecule has 0 amide bonds. The van der Waals surface area contributed by atoms with E-state index < -0.39 is 6.10 Å². The Morgan fingerprint density at radius 2 is 0.696 bits per heavy atom. The first kappa shape index (κ1) is 52.3. The molecule has 0 bridgehead atoms. The molecule has 0 aromatic rings. The largest absolute Gasteiger partial charge is 0.462 e. The van der Waals surface area contributed by atoms with Crippen molar-refractivity contribution in [2.24, 2.45) is 0 Å². The fourth-order valence-corrected chi connectivity index (χ4v) is 5.54. The average Bonchev–Trinajstić information content (AvgIpc) is 3.19. The normalized spacial score (nSPS) is 13.0. The van der Waals surface area contributed by atoms with E-state index in [-0.39, 0.29) is 37.5 Å². The minimum Gasteiger partial charge on any atom is -0.462 e. The summed E-state index contributed by atoms with van der Waals surface area (Å²) < 4.78 is 16.6. The van der Waals surface area contributed by atoms with Gasteiger partial charge in [0.1, 0.15) is 13.2 Å². The highest BCUT2D eigenvalue weighted by molar-refractivity contribution is 5.71. The van der Waals surface area contributed by atoms with Crippen LogP contribution in [0.15, 0.2) is 97.2 Å². The molecule has 0 fully saturated rings. The van der Waals surface area contributed by atoms with Crippen LogP contribution in [0.2, 0.25) is 0 Å². The molecule has 6 nitrogen and oxygen atoms in total. The van der Waals surface area contributed by atoms with Crippen LogP contribution in [0.1, 0.15) is 181 Å². The number of rotatable bonds is 38. The van der Waals surface area contributed by atoms with Gasteiger partial charge < -0.3 is 14.2 Å². The minimum absolute atomic E-state index is 0.108. The van der Waals surface area contributed by atoms with E-state index in [1.54, 1.807) is 0 Å². The van der Waals surface area contributed by atoms with Gasteiger partial charge >= 0.3 is 17.9 Å². The van der Waals surface area contributed by atoms with E-state index in [2.05, 4.69) is 118 Å². The van der Waals surface area contributed by atoms with E-state index in [1.165, 1.54) is 32.1 Å². The van der Waals surface area contributed by atoms with Crippen LogP contribution in [0.5, 0.6) is 0 Å². The molecule has 1 atom stereocenters. The SMILES string of the molecule is CC/C=C\C/C=C\C/C=C\C/C=C\CCCCC(=O)OCC(COC(=O)CCCCCCCCCC)OC(=O)CCCC/C=C\C/C=C\C/C=C\C/C=C\CC. The maximum atomic E-state index is 12.7. The second kappa shape index (κ2) is 44.0. The molecule has 0 heterocycles. The molecule has 0 saturated heterocycles. The van der Waals surface area contributed by atoms with Crippen molar-refractivity contribution in [3.63, 3.8) is 0 Å². The smallest absolute Gasteiger partial charge is 0.306 e. The topological polar surface area (TPSA) is 78.9 Å². The van der Waals surface area contributed by atoms with Crippen molar-refractivity contribution in [1.82, 2.24) is 0 Å². The lowest BCUT2D eigenvalue weighted by atomic mass is 10.1. The van der Waals surface area contributed by atoms with E-state index in [1.807, 2.05) is 0 Å². The molecule has 0 saturated carbocycles. The van der Waals surface area contributed by atoms with Crippen LogP contribution in [0.4, 0.5) is 0 Å². The molecule has 6 heteroatoms. The zero-order chi connectivity index (χ0) is 40.8. The van der Waals surface area contributed by atoms with Gasteiger partial charge in [-0.05, 0) is 96.3 Å². The van der Waals surface area contributed by atoms with Gasteiger partial charge in [-0.25, -0.2) is 0 Å². The first-order chi connectivity index (χ1) is 27.5. The van der Waals surface area contributed by atoms with E-state index in [0.717, 1.165) is 96.3 Å². The molecular formula is C50H80O6. The maximum absolute atomic E-state index is 12.7. The van der Waals surface area contributed by atoms with Crippen LogP contribution in [-0.4, -0.2) is 37.2 Å². The summed E-state index contributed by atoms with van der Waals surface area (Å²) in [7, 11) is 0. The number of esters is 3. The van der Waals surface area contributed by atoms with E-state index in [9.17, 15) is 14.4 Å². The molecule has 0 aliphatic rings. The molecule has 0 spiro atoms. The van der Waals surface area contributed by atoms with Crippen molar-refractivity contribution in [3.8, 4) is 0 Å². The Morgan fingerprint density at radius 3 is 1.09 bits per heavy atom. The monoisotopic (exact) mass is 777 g/mol. The van der Waals surface area contributed by atoms with Crippen molar-refractivity contribution in [1.29, 1.82) is 0 Å². The van der Waals surface area contributed by atoms with Crippen molar-refractivity contribution < 1.29 is 28.6 Å². The standard InChI is InChI=1S/C50H80O6/c1-4-7-10-13-16-19-21-23-25-27-29-31-34-37-40-43-49(52)55-46-47(45-54-48(51)42-39-36-33-18-15-12-9-6-3)56-50(53)44-41-38-35-32-30-28-26-24-22-20-17-14-11-8-5-2/h7-8,10-11,16-17,19-20,23-26,29-32,47H,4-6,9,12-15,18,21-22,27-28,33-46H2,1-3H3/b10-7-,11-8-,19-16-,20-17-,25-23-,26-24-,31-29-,32-30-. The molecular weight excluding hydrogens is 697 g/mol. The van der Waals surface area contributed by atoms with Crippen molar-refractivity contribution in [3.05, 3.63) is 97.2 Å². The maximum Gasteiger partial charge on any atom is 0.306 e. The minimum atomic E-state index is -0.812. The zero-order valence-corrected chi connectivity index (χ0v) is 35.9. The molecule has 0 aliphatic heterocycles. The fraction of sp³-hybridized carbons (Fsp3) is 0.620. The zero-order valence-electron chi connectivity index (χ0n) is 35.9. The molecule has 0 aromatic heterocycles. The van der Waals surface area contributed by atoms with Crippen molar-refractivity contribution in [2.45, 2.75) is 187 Å². The number of hydrogen-bond donors (Lipinski definition) is 0. The predicted octanol–water partition coefficient (Wildman–Crippen LogP) is 14.2. The quantitative estimate of drug-likeness (QED) is 0.0269. The summed E-state index contributed by atoms with van der Waals surface area (Å²) in [5.41, 5.74) is 0. The van der Waals surface area contributed by atoms with Gasteiger partial charge in [-0.2, -0.15) is 0 Å². The van der Waals surface area contributed by atoms with Gasteiger partial charge in [0, 0.05) is 19.3 Å². The number of allylic oxidation sites excluding steroid dienone is 16. The van der Waals surface area contributed by atoms with Gasteiger partial charge in [0.25, 0.3) is 0 Å². The van der Waals surface area contributed by atoms with Crippen LogP contribution in [0, 0.1) is 0 Å². The summed E-state index contributed by atoms with van der Waals surface area (Å²) in [5.74, 6) is -1.01. The summed E-state index contributed by atoms with van der Waals surface area (Å²) in [6.07, 6.45) is 56.9. The summed E-state index contributed by atoms with van der Waals surface area (Å²) in [4.78, 5) is 37.6. The van der Waals surface area contributed by atoms with E-state index >= 15 is 0 Å². The Labute approximate surface area is 343 Å². The summed E-state index contributed by atoms with van der Waals surface area (Å²) in [6.45, 7) is 6.27. The van der Waals surface area contributed by atoms with Crippen LogP contribution >= 0.6 is 0 Å². The van der Waals surface area contributed by atoms with Gasteiger partial charge in [0.15, 0.2) is 6.10 Å². The second-order valence-electron chi connectivity index (χ2n) is 14.2. The summed E-state index contributed by atoms with van der Waals surface area (Å²) >= 11 is 0. The molecule has 0 N–H and O–H groups in total. The van der Waals surface area contributed by atoms with Crippen molar-refractivity contribution >= 4 is 17.9 Å². The Bertz CT molecular complexity index is 1170. The van der Waals surface area contributed by atoms with Gasteiger partial charge in [-0.15, -0.1) is 0 Å². The average molecular weight is 777 g/mol. The lowest BCUT2D eigenvalue weighted by Crippen LogP contribution is -2.30. The number of carbonyl (C=O) groups excluding carboxylic acids is 3. The molecule has 0 rings (SSSR count). The molecule has 0 radical (unpaired) electrons. The molecule has 1 unspecified atom stereocenters. The van der Waals surface area contributed by atoms with Crippen molar-refractivity contribution in [2.75, 3.05) is 13.2 Å². The fourth-order valence-electron chi connectivity index (χ4n) is 5.54. The summed E-state index contributed by atoms with van der Waals surface area (Å²) in [5, 5.41) is 0. The Kier molecular flexibility index (Phi) is 41.2. The first-order valence-electron chi connectivity index (χ1n) is 22.2. The number of unbranched alkanes of at least 4 members (excludes halogenated alkanes) is 11. The van der Waals surface area contributed by atoms with Gasteiger partial charge in [-0.1, -0.05) is 163 Å². The Morgan fingerprint density at radius 1 is 0.375 bits per heavy atom. The number of hydrogen-bond acceptors (Lipinski definition) is 6. The van der Waals surface area contributed by atoms with Gasteiger partial charge in [-0.3, -0.25) is 14.4 Å². The predicted molar refractivity (Wildman–Crippen MR) is 237 cm³/mol. The third kappa shape index (κ3) is 41.5. The molecule has 316 valence electrons. The van der Waals surface area contributed by atoms with Gasteiger partial charge in [0.2, 0.25) is 0 Å². The highest BCUT2D eigenvalue weighted by Gasteiger charge is 2.19. The van der Waals surface area contributed by atoms with Crippen LogP contribution in [0.3, 0.4) is 0 Å². The molecule has 0 aromatic carbocycles. The van der Waals surface area contributed by atoms with E-state index in [4.69, 9.17) is 14.2 Å². The third-order valence-corrected chi connectivity index (χ3v) is 8.83. The Hall–Kier alpha value is -3.67. The number of ether oxygens (including phenoxy) is 3. The number of carbonyl (C=O) groups is 3. The van der Waals surface area contributed by atoms with E-state index in [0.29, 0.717) is 25.7 Å². The van der Waals surface area contributed by atoms with Crippen LogP contribution in [-0.2, 0) is 28.6 Å². The first-order valence-corrected chi connectivity index (χ1v) is 22.2. The molecule has 56 heavy (non-hydrogen) atoms. The molecule has 0 aliphatic carbocycles. The highest BCUT2D eigenvalue weighted by Crippen LogP contribution is 2.12. The lowest BCUT2D eigenvalue weighted by molar-refractivity contribution is -0.167. The van der Waals surface area contributed by atoms with Crippen LogP contribution < -0.4 is 0 Å². The second-order valence-corrected chi connectivity index (χ2v) is 14.2. The third-order valence-electron chi connectivity index (χ3n) is 8.83. The highest BCUT2D eigenvalue weighted by atomic mass is 16.6. The van der Waals surface area contributed by atoms with Gasteiger partial charge in [0.05, 0.1) is 0 Å². The summed E-state index contributed by atoms with van der Waals surface area (Å²) in [6, 6.07) is 0. The van der Waals surface area contributed by atoms with Crippen LogP contribution in [0.25, 0.3) is 0 Å². The lowest BCUT2D eigenvalue weighted by Gasteiger charge is -2.18. The Balaban J connectivity index is 4.51.